The van der Waals surface area contributed by atoms with Crippen molar-refractivity contribution < 1.29 is 4.92 Å². The van der Waals surface area contributed by atoms with Crippen molar-refractivity contribution in [1.82, 2.24) is 0 Å². The Morgan fingerprint density at radius 1 is 1.05 bits per heavy atom. The Hall–Kier alpha value is -2.07. The van der Waals surface area contributed by atoms with Gasteiger partial charge in [-0.05, 0) is 41.6 Å². The molecule has 2 aromatic rings. The van der Waals surface area contributed by atoms with Gasteiger partial charge in [0.05, 0.1) is 4.92 Å². The van der Waals surface area contributed by atoms with Gasteiger partial charge in [-0.2, -0.15) is 0 Å². The zero-order valence-corrected chi connectivity index (χ0v) is 11.3. The summed E-state index contributed by atoms with van der Waals surface area (Å²) in [5.74, 6) is 0. The highest BCUT2D eigenvalue weighted by atomic mass is 32.2. The quantitative estimate of drug-likeness (QED) is 0.356. The summed E-state index contributed by atoms with van der Waals surface area (Å²) in [6, 6.07) is 14.7. The third-order valence-electron chi connectivity index (χ3n) is 2.67. The summed E-state index contributed by atoms with van der Waals surface area (Å²) in [5.41, 5.74) is 2.17. The molecule has 0 fully saturated rings. The predicted octanol–water partition coefficient (Wildman–Crippen LogP) is 4.49. The first-order valence-electron chi connectivity index (χ1n) is 5.75. The fraction of sp³-hybridized carbons (Fsp3) is 0.0667. The van der Waals surface area contributed by atoms with Crippen molar-refractivity contribution >= 4 is 29.6 Å². The highest BCUT2D eigenvalue weighted by Crippen LogP contribution is 2.18. The number of rotatable bonds is 4. The molecule has 0 aromatic heterocycles. The van der Waals surface area contributed by atoms with Crippen LogP contribution < -0.4 is 0 Å². The topological polar surface area (TPSA) is 43.1 Å². The van der Waals surface area contributed by atoms with Crippen LogP contribution in [0, 0.1) is 10.1 Å². The Balaban J connectivity index is 2.15. The number of thioether (sulfide) groups is 1. The van der Waals surface area contributed by atoms with E-state index in [9.17, 15) is 10.1 Å². The van der Waals surface area contributed by atoms with Crippen molar-refractivity contribution in [3.05, 3.63) is 69.8 Å². The van der Waals surface area contributed by atoms with Gasteiger partial charge >= 0.3 is 0 Å². The molecule has 0 unspecified atom stereocenters. The van der Waals surface area contributed by atoms with Crippen molar-refractivity contribution in [2.24, 2.45) is 0 Å². The number of nitro groups is 1. The molecule has 0 spiro atoms. The van der Waals surface area contributed by atoms with Crippen LogP contribution in [0.4, 0.5) is 5.69 Å². The second kappa shape index (κ2) is 6.20. The smallest absolute Gasteiger partial charge is 0.258 e. The van der Waals surface area contributed by atoms with Gasteiger partial charge in [-0.25, -0.2) is 0 Å². The monoisotopic (exact) mass is 271 g/mol. The third-order valence-corrected chi connectivity index (χ3v) is 3.39. The molecule has 0 radical (unpaired) electrons. The molecule has 0 aliphatic heterocycles. The second-order valence-corrected chi connectivity index (χ2v) is 4.84. The van der Waals surface area contributed by atoms with Crippen LogP contribution in [0.3, 0.4) is 0 Å². The average molecular weight is 271 g/mol. The molecular weight excluding hydrogens is 258 g/mol. The molecule has 0 atom stereocenters. The molecule has 19 heavy (non-hydrogen) atoms. The SMILES string of the molecule is CSc1cccc(/C=C/c2ccc([N+](=O)[O-])cc2)c1. The van der Waals surface area contributed by atoms with Gasteiger partial charge in [-0.15, -0.1) is 11.8 Å². The first kappa shape index (κ1) is 13.4. The van der Waals surface area contributed by atoms with Crippen molar-refractivity contribution in [3.8, 4) is 0 Å². The molecule has 2 aromatic carbocycles. The summed E-state index contributed by atoms with van der Waals surface area (Å²) in [5, 5.41) is 10.5. The van der Waals surface area contributed by atoms with E-state index in [-0.39, 0.29) is 5.69 Å². The molecule has 2 rings (SSSR count). The minimum absolute atomic E-state index is 0.113. The minimum Gasteiger partial charge on any atom is -0.258 e. The summed E-state index contributed by atoms with van der Waals surface area (Å²) >= 11 is 1.70. The number of hydrogen-bond donors (Lipinski definition) is 0. The maximum Gasteiger partial charge on any atom is 0.269 e. The van der Waals surface area contributed by atoms with Crippen LogP contribution in [0.1, 0.15) is 11.1 Å². The van der Waals surface area contributed by atoms with E-state index in [1.165, 1.54) is 17.0 Å². The zero-order valence-electron chi connectivity index (χ0n) is 10.4. The van der Waals surface area contributed by atoms with Gasteiger partial charge in [0, 0.05) is 17.0 Å². The maximum atomic E-state index is 10.5. The molecular formula is C15H13NO2S. The van der Waals surface area contributed by atoms with Gasteiger partial charge in [0.25, 0.3) is 5.69 Å². The standard InChI is InChI=1S/C15H13NO2S/c1-19-15-4-2-3-13(11-15)6-5-12-7-9-14(10-8-12)16(17)18/h2-11H,1H3/b6-5+. The average Bonchev–Trinajstić information content (AvgIpc) is 2.46. The molecule has 0 amide bonds. The van der Waals surface area contributed by atoms with Crippen molar-refractivity contribution in [2.75, 3.05) is 6.26 Å². The van der Waals surface area contributed by atoms with E-state index >= 15 is 0 Å². The normalized spacial score (nSPS) is 10.8. The molecule has 4 heteroatoms. The van der Waals surface area contributed by atoms with Crippen LogP contribution in [0.2, 0.25) is 0 Å². The van der Waals surface area contributed by atoms with Crippen LogP contribution >= 0.6 is 11.8 Å². The van der Waals surface area contributed by atoms with Gasteiger partial charge in [0.2, 0.25) is 0 Å². The first-order chi connectivity index (χ1) is 9.19. The molecule has 0 heterocycles. The summed E-state index contributed by atoms with van der Waals surface area (Å²) in [7, 11) is 0. The molecule has 0 bridgehead atoms. The lowest BCUT2D eigenvalue weighted by atomic mass is 10.1. The van der Waals surface area contributed by atoms with E-state index in [0.29, 0.717) is 0 Å². The zero-order chi connectivity index (χ0) is 13.7. The van der Waals surface area contributed by atoms with E-state index in [2.05, 4.69) is 12.1 Å². The highest BCUT2D eigenvalue weighted by Gasteiger charge is 2.02. The van der Waals surface area contributed by atoms with Gasteiger partial charge in [-0.3, -0.25) is 10.1 Å². The lowest BCUT2D eigenvalue weighted by Gasteiger charge is -1.98. The number of benzene rings is 2. The minimum atomic E-state index is -0.393. The molecule has 0 saturated carbocycles. The lowest BCUT2D eigenvalue weighted by Crippen LogP contribution is -1.86. The summed E-state index contributed by atoms with van der Waals surface area (Å²) in [6.45, 7) is 0. The van der Waals surface area contributed by atoms with E-state index in [4.69, 9.17) is 0 Å². The van der Waals surface area contributed by atoms with Crippen molar-refractivity contribution in [2.45, 2.75) is 4.90 Å². The Morgan fingerprint density at radius 3 is 2.37 bits per heavy atom. The Bertz CT molecular complexity index is 606. The number of hydrogen-bond acceptors (Lipinski definition) is 3. The second-order valence-electron chi connectivity index (χ2n) is 3.96. The van der Waals surface area contributed by atoms with E-state index in [1.807, 2.05) is 30.5 Å². The van der Waals surface area contributed by atoms with Gasteiger partial charge < -0.3 is 0 Å². The predicted molar refractivity (Wildman–Crippen MR) is 80.2 cm³/mol. The van der Waals surface area contributed by atoms with Gasteiger partial charge in [-0.1, -0.05) is 24.3 Å². The van der Waals surface area contributed by atoms with E-state index in [0.717, 1.165) is 11.1 Å². The lowest BCUT2D eigenvalue weighted by molar-refractivity contribution is -0.384. The van der Waals surface area contributed by atoms with Crippen molar-refractivity contribution in [1.29, 1.82) is 0 Å². The van der Waals surface area contributed by atoms with Crippen LogP contribution in [-0.4, -0.2) is 11.2 Å². The van der Waals surface area contributed by atoms with Crippen molar-refractivity contribution in [3.63, 3.8) is 0 Å². The molecule has 0 saturated heterocycles. The highest BCUT2D eigenvalue weighted by molar-refractivity contribution is 7.98. The Morgan fingerprint density at radius 2 is 1.74 bits per heavy atom. The van der Waals surface area contributed by atoms with E-state index < -0.39 is 4.92 Å². The number of nitro benzene ring substituents is 1. The van der Waals surface area contributed by atoms with Gasteiger partial charge in [0.15, 0.2) is 0 Å². The summed E-state index contributed by atoms with van der Waals surface area (Å²) < 4.78 is 0. The van der Waals surface area contributed by atoms with Gasteiger partial charge in [0.1, 0.15) is 0 Å². The molecule has 96 valence electrons. The number of non-ortho nitro benzene ring substituents is 1. The summed E-state index contributed by atoms with van der Waals surface area (Å²) in [4.78, 5) is 11.4. The van der Waals surface area contributed by atoms with Crippen LogP contribution in [0.15, 0.2) is 53.4 Å². The fourth-order valence-corrected chi connectivity index (χ4v) is 2.11. The maximum absolute atomic E-state index is 10.5. The third kappa shape index (κ3) is 3.69. The van der Waals surface area contributed by atoms with Crippen LogP contribution in [0.25, 0.3) is 12.2 Å². The molecule has 0 aliphatic carbocycles. The van der Waals surface area contributed by atoms with Crippen LogP contribution in [0.5, 0.6) is 0 Å². The fourth-order valence-electron chi connectivity index (χ4n) is 1.64. The van der Waals surface area contributed by atoms with E-state index in [1.54, 1.807) is 23.9 Å². The largest absolute Gasteiger partial charge is 0.269 e. The number of nitrogens with zero attached hydrogens (tertiary/aromatic N) is 1. The summed E-state index contributed by atoms with van der Waals surface area (Å²) in [6.07, 6.45) is 5.99. The first-order valence-corrected chi connectivity index (χ1v) is 6.98. The van der Waals surface area contributed by atoms with Crippen LogP contribution in [-0.2, 0) is 0 Å². The Labute approximate surface area is 116 Å². The molecule has 0 N–H and O–H groups in total. The molecule has 0 aliphatic rings. The Kier molecular flexibility index (Phi) is 4.36. The molecule has 3 nitrogen and oxygen atoms in total.